The van der Waals surface area contributed by atoms with E-state index >= 15 is 0 Å². The number of carbonyl (C=O) groups is 1. The maximum Gasteiger partial charge on any atom is 0.408 e. The molecule has 30 heavy (non-hydrogen) atoms. The number of amides is 1. The van der Waals surface area contributed by atoms with Gasteiger partial charge >= 0.3 is 6.09 Å². The quantitative estimate of drug-likeness (QED) is 0.283. The summed E-state index contributed by atoms with van der Waals surface area (Å²) < 4.78 is 5.33. The minimum absolute atomic E-state index is 0.0261. The van der Waals surface area contributed by atoms with E-state index in [0.29, 0.717) is 17.9 Å². The molecule has 1 saturated carbocycles. The predicted octanol–water partition coefficient (Wildman–Crippen LogP) is 5.25. The molecule has 0 bridgehead atoms. The summed E-state index contributed by atoms with van der Waals surface area (Å²) in [6, 6.07) is 6.57. The largest absolute Gasteiger partial charge is 0.509 e. The third-order valence-electron chi connectivity index (χ3n) is 5.05. The van der Waals surface area contributed by atoms with Gasteiger partial charge in [0, 0.05) is 12.1 Å². The molecule has 8 heteroatoms. The maximum absolute atomic E-state index is 12.4. The highest BCUT2D eigenvalue weighted by molar-refractivity contribution is 5.80. The van der Waals surface area contributed by atoms with E-state index in [2.05, 4.69) is 5.32 Å². The van der Waals surface area contributed by atoms with Crippen LogP contribution in [0.1, 0.15) is 64.9 Å². The summed E-state index contributed by atoms with van der Waals surface area (Å²) in [6.45, 7) is 5.24. The van der Waals surface area contributed by atoms with Crippen molar-refractivity contribution in [2.45, 2.75) is 70.9 Å². The highest BCUT2D eigenvalue weighted by Crippen LogP contribution is 2.30. The van der Waals surface area contributed by atoms with Gasteiger partial charge in [0.25, 0.3) is 5.69 Å². The van der Waals surface area contributed by atoms with Crippen LogP contribution in [0.5, 0.6) is 0 Å². The Morgan fingerprint density at radius 2 is 1.90 bits per heavy atom. The first kappa shape index (κ1) is 23.2. The number of nitrogens with zero attached hydrogens (tertiary/aromatic N) is 2. The van der Waals surface area contributed by atoms with Crippen LogP contribution in [0.25, 0.3) is 5.57 Å². The molecule has 1 aromatic carbocycles. The molecule has 0 unspecified atom stereocenters. The molecule has 1 aliphatic rings. The molecule has 162 valence electrons. The Morgan fingerprint density at radius 1 is 1.30 bits per heavy atom. The summed E-state index contributed by atoms with van der Waals surface area (Å²) in [4.78, 5) is 22.7. The molecule has 0 saturated heterocycles. The number of carbonyl (C=O) groups excluding carboxylic acids is 1. The molecule has 1 atom stereocenters. The Morgan fingerprint density at radius 3 is 2.40 bits per heavy atom. The van der Waals surface area contributed by atoms with Crippen LogP contribution in [0, 0.1) is 27.4 Å². The van der Waals surface area contributed by atoms with Gasteiger partial charge in [0.15, 0.2) is 0 Å². The zero-order valence-corrected chi connectivity index (χ0v) is 17.7. The summed E-state index contributed by atoms with van der Waals surface area (Å²) in [7, 11) is 0. The zero-order chi connectivity index (χ0) is 22.3. The van der Waals surface area contributed by atoms with Crippen molar-refractivity contribution < 1.29 is 19.6 Å². The van der Waals surface area contributed by atoms with Gasteiger partial charge in [-0.15, -0.1) is 0 Å². The van der Waals surface area contributed by atoms with Crippen LogP contribution >= 0.6 is 0 Å². The zero-order valence-electron chi connectivity index (χ0n) is 17.7. The van der Waals surface area contributed by atoms with Crippen LogP contribution in [0.3, 0.4) is 0 Å². The smallest absolute Gasteiger partial charge is 0.408 e. The second-order valence-corrected chi connectivity index (χ2v) is 8.61. The second kappa shape index (κ2) is 10.1. The molecule has 1 aromatic rings. The number of aliphatic hydroxyl groups is 1. The predicted molar refractivity (Wildman–Crippen MR) is 113 cm³/mol. The highest BCUT2D eigenvalue weighted by Gasteiger charge is 2.28. The molecular formula is C22H29N3O5. The van der Waals surface area contributed by atoms with Crippen LogP contribution in [-0.2, 0) is 4.74 Å². The number of alkyl carbamates (subject to hydrolysis) is 1. The highest BCUT2D eigenvalue weighted by atomic mass is 16.6. The standard InChI is InChI=1S/C22H29N3O5/c1-22(2,3)30-21(27)24-19(13-15-7-5-4-6-8-15)20(26)18(14-23)16-9-11-17(12-10-16)25(28)29/h9-12,15,19,26H,4-8,13H2,1-3H3,(H,24,27)/b20-18-/t19-/m0/s1. The van der Waals surface area contributed by atoms with Crippen molar-refractivity contribution in [3.63, 3.8) is 0 Å². The van der Waals surface area contributed by atoms with Gasteiger partial charge in [-0.2, -0.15) is 5.26 Å². The van der Waals surface area contributed by atoms with Gasteiger partial charge < -0.3 is 15.2 Å². The van der Waals surface area contributed by atoms with Crippen LogP contribution in [0.15, 0.2) is 30.0 Å². The number of allylic oxidation sites excluding steroid dienone is 1. The lowest BCUT2D eigenvalue weighted by atomic mass is 9.84. The van der Waals surface area contributed by atoms with Gasteiger partial charge in [-0.1, -0.05) is 32.1 Å². The number of non-ortho nitro benzene ring substituents is 1. The molecule has 1 amide bonds. The van der Waals surface area contributed by atoms with Crippen molar-refractivity contribution in [2.24, 2.45) is 5.92 Å². The van der Waals surface area contributed by atoms with Gasteiger partial charge in [0.2, 0.25) is 0 Å². The number of nitro groups is 1. The lowest BCUT2D eigenvalue weighted by molar-refractivity contribution is -0.384. The number of rotatable bonds is 6. The van der Waals surface area contributed by atoms with Crippen molar-refractivity contribution in [3.8, 4) is 6.07 Å². The fraction of sp³-hybridized carbons (Fsp3) is 0.545. The molecule has 2 rings (SSSR count). The fourth-order valence-corrected chi connectivity index (χ4v) is 3.64. The van der Waals surface area contributed by atoms with Crippen molar-refractivity contribution in [1.29, 1.82) is 5.26 Å². The number of nitrogens with one attached hydrogen (secondary N) is 1. The number of nitro benzene ring substituents is 1. The fourth-order valence-electron chi connectivity index (χ4n) is 3.64. The first-order valence-electron chi connectivity index (χ1n) is 10.2. The van der Waals surface area contributed by atoms with Gasteiger partial charge in [-0.05, 0) is 50.8 Å². The summed E-state index contributed by atoms with van der Waals surface area (Å²) >= 11 is 0. The van der Waals surface area contributed by atoms with Crippen LogP contribution < -0.4 is 5.32 Å². The Kier molecular flexibility index (Phi) is 7.81. The van der Waals surface area contributed by atoms with Gasteiger partial charge in [-0.25, -0.2) is 4.79 Å². The van der Waals surface area contributed by atoms with Crippen molar-refractivity contribution >= 4 is 17.4 Å². The third-order valence-corrected chi connectivity index (χ3v) is 5.05. The van der Waals surface area contributed by atoms with Gasteiger partial charge in [0.1, 0.15) is 17.4 Å². The van der Waals surface area contributed by atoms with Crippen LogP contribution in [-0.4, -0.2) is 27.8 Å². The van der Waals surface area contributed by atoms with E-state index in [0.717, 1.165) is 25.7 Å². The number of benzene rings is 1. The van der Waals surface area contributed by atoms with E-state index < -0.39 is 22.7 Å². The topological polar surface area (TPSA) is 125 Å². The number of hydrogen-bond acceptors (Lipinski definition) is 6. The lowest BCUT2D eigenvalue weighted by Gasteiger charge is -2.28. The SMILES string of the molecule is CC(C)(C)OC(=O)N[C@@H](CC1CCCCC1)/C(O)=C(\C#N)c1ccc([N+](=O)[O-])cc1. The van der Waals surface area contributed by atoms with E-state index in [-0.39, 0.29) is 17.0 Å². The molecular weight excluding hydrogens is 386 g/mol. The van der Waals surface area contributed by atoms with E-state index in [1.807, 2.05) is 6.07 Å². The Balaban J connectivity index is 2.33. The second-order valence-electron chi connectivity index (χ2n) is 8.61. The normalized spacial score (nSPS) is 16.7. The molecule has 0 aliphatic heterocycles. The molecule has 0 radical (unpaired) electrons. The minimum Gasteiger partial charge on any atom is -0.509 e. The average molecular weight is 415 g/mol. The molecule has 0 heterocycles. The van der Waals surface area contributed by atoms with Crippen LogP contribution in [0.2, 0.25) is 0 Å². The first-order chi connectivity index (χ1) is 14.1. The number of ether oxygens (including phenoxy) is 1. The minimum atomic E-state index is -0.784. The summed E-state index contributed by atoms with van der Waals surface area (Å²) in [5, 5.41) is 34.2. The van der Waals surface area contributed by atoms with E-state index in [1.165, 1.54) is 30.7 Å². The Labute approximate surface area is 176 Å². The van der Waals surface area contributed by atoms with Crippen molar-refractivity contribution in [1.82, 2.24) is 5.32 Å². The maximum atomic E-state index is 12.4. The monoisotopic (exact) mass is 415 g/mol. The lowest BCUT2D eigenvalue weighted by Crippen LogP contribution is -2.41. The molecule has 2 N–H and O–H groups in total. The van der Waals surface area contributed by atoms with E-state index in [9.17, 15) is 25.3 Å². The first-order valence-corrected chi connectivity index (χ1v) is 10.2. The molecule has 1 aliphatic carbocycles. The van der Waals surface area contributed by atoms with Crippen molar-refractivity contribution in [2.75, 3.05) is 0 Å². The summed E-state index contributed by atoms with van der Waals surface area (Å²) in [5.74, 6) is 0.0560. The van der Waals surface area contributed by atoms with Crippen molar-refractivity contribution in [3.05, 3.63) is 45.7 Å². The number of aliphatic hydroxyl groups excluding tert-OH is 1. The summed E-state index contributed by atoms with van der Waals surface area (Å²) in [5.41, 5.74) is -0.488. The third kappa shape index (κ3) is 6.76. The Hall–Kier alpha value is -3.08. The summed E-state index contributed by atoms with van der Waals surface area (Å²) in [6.07, 6.45) is 5.19. The molecule has 8 nitrogen and oxygen atoms in total. The van der Waals surface area contributed by atoms with Gasteiger partial charge in [-0.3, -0.25) is 10.1 Å². The molecule has 1 fully saturated rings. The number of hydrogen-bond donors (Lipinski definition) is 2. The molecule has 0 spiro atoms. The Bertz CT molecular complexity index is 828. The van der Waals surface area contributed by atoms with E-state index in [4.69, 9.17) is 4.74 Å². The van der Waals surface area contributed by atoms with E-state index in [1.54, 1.807) is 20.8 Å². The number of nitriles is 1. The van der Waals surface area contributed by atoms with Gasteiger partial charge in [0.05, 0.1) is 16.5 Å². The molecule has 0 aromatic heterocycles. The average Bonchev–Trinajstić information content (AvgIpc) is 2.67. The van der Waals surface area contributed by atoms with Crippen LogP contribution in [0.4, 0.5) is 10.5 Å².